The van der Waals surface area contributed by atoms with Crippen molar-refractivity contribution in [2.75, 3.05) is 0 Å². The number of para-hydroxylation sites is 1. The van der Waals surface area contributed by atoms with Crippen molar-refractivity contribution in [3.8, 4) is 11.8 Å². The Labute approximate surface area is 116 Å². The summed E-state index contributed by atoms with van der Waals surface area (Å²) in [7, 11) is 0. The van der Waals surface area contributed by atoms with Gasteiger partial charge in [-0.25, -0.2) is 4.39 Å². The van der Waals surface area contributed by atoms with Crippen LogP contribution in [0.4, 0.5) is 4.39 Å². The van der Waals surface area contributed by atoms with Crippen LogP contribution in [0.5, 0.6) is 5.75 Å². The Bertz CT molecular complexity index is 605. The van der Waals surface area contributed by atoms with E-state index < -0.39 is 5.82 Å². The fourth-order valence-electron chi connectivity index (χ4n) is 1.65. The summed E-state index contributed by atoms with van der Waals surface area (Å²) in [6, 6.07) is 13.6. The lowest BCUT2D eigenvalue weighted by Crippen LogP contribution is -2.00. The molecule has 2 aromatic carbocycles. The fraction of sp³-hybridized carbons (Fsp3) is 0.133. The van der Waals surface area contributed by atoms with E-state index in [0.717, 1.165) is 5.56 Å². The third-order valence-corrected chi connectivity index (χ3v) is 2.95. The maximum Gasteiger partial charge on any atom is 0.165 e. The highest BCUT2D eigenvalue weighted by molar-refractivity contribution is 6.17. The van der Waals surface area contributed by atoms with Gasteiger partial charge in [0.2, 0.25) is 0 Å². The minimum atomic E-state index is -0.424. The Morgan fingerprint density at radius 2 is 1.89 bits per heavy atom. The van der Waals surface area contributed by atoms with Crippen LogP contribution < -0.4 is 4.74 Å². The molecule has 0 aliphatic heterocycles. The second-order valence-corrected chi connectivity index (χ2v) is 4.23. The van der Waals surface area contributed by atoms with Gasteiger partial charge in [0.1, 0.15) is 6.61 Å². The van der Waals surface area contributed by atoms with Gasteiger partial charge in [-0.15, -0.1) is 11.6 Å². The first-order valence-corrected chi connectivity index (χ1v) is 6.23. The molecule has 96 valence electrons. The third kappa shape index (κ3) is 3.24. The van der Waals surface area contributed by atoms with Crippen LogP contribution in [0.1, 0.15) is 16.7 Å². The van der Waals surface area contributed by atoms with Crippen LogP contribution in [0.25, 0.3) is 0 Å². The molecule has 4 heteroatoms. The molecule has 0 N–H and O–H groups in total. The third-order valence-electron chi connectivity index (χ3n) is 2.66. The first-order valence-electron chi connectivity index (χ1n) is 5.70. The predicted octanol–water partition coefficient (Wildman–Crippen LogP) is 4.02. The van der Waals surface area contributed by atoms with Crippen LogP contribution in [0.2, 0.25) is 0 Å². The van der Waals surface area contributed by atoms with E-state index in [1.54, 1.807) is 36.4 Å². The molecule has 0 radical (unpaired) electrons. The molecular formula is C15H11ClFNO. The predicted molar refractivity (Wildman–Crippen MR) is 71.4 cm³/mol. The van der Waals surface area contributed by atoms with Gasteiger partial charge in [-0.05, 0) is 23.8 Å². The number of ether oxygens (including phenoxy) is 1. The van der Waals surface area contributed by atoms with E-state index in [0.29, 0.717) is 11.1 Å². The maximum atomic E-state index is 13.6. The summed E-state index contributed by atoms with van der Waals surface area (Å²) in [6.45, 7) is 0.233. The number of alkyl halides is 1. The normalized spacial score (nSPS) is 9.95. The van der Waals surface area contributed by atoms with E-state index in [1.165, 1.54) is 6.07 Å². The molecule has 0 bridgehead atoms. The average molecular weight is 276 g/mol. The van der Waals surface area contributed by atoms with Gasteiger partial charge in [-0.3, -0.25) is 0 Å². The van der Waals surface area contributed by atoms with Gasteiger partial charge in [0.25, 0.3) is 0 Å². The molecule has 0 atom stereocenters. The standard InChI is InChI=1S/C15H11ClFNO/c16-8-13-2-1-3-14(17)15(13)19-10-12-6-4-11(9-18)5-7-12/h1-7H,8,10H2. The van der Waals surface area contributed by atoms with E-state index in [9.17, 15) is 4.39 Å². The van der Waals surface area contributed by atoms with Gasteiger partial charge in [-0.2, -0.15) is 5.26 Å². The number of nitriles is 1. The Balaban J connectivity index is 2.12. The number of rotatable bonds is 4. The molecule has 0 aliphatic rings. The zero-order valence-corrected chi connectivity index (χ0v) is 10.8. The highest BCUT2D eigenvalue weighted by Crippen LogP contribution is 2.25. The minimum Gasteiger partial charge on any atom is -0.485 e. The molecule has 0 aliphatic carbocycles. The molecule has 0 saturated carbocycles. The summed E-state index contributed by atoms with van der Waals surface area (Å²) >= 11 is 5.74. The van der Waals surface area contributed by atoms with E-state index in [4.69, 9.17) is 21.6 Å². The Hall–Kier alpha value is -2.05. The quantitative estimate of drug-likeness (QED) is 0.790. The lowest BCUT2D eigenvalue weighted by Gasteiger charge is -2.10. The molecule has 19 heavy (non-hydrogen) atoms. The molecule has 2 aromatic rings. The van der Waals surface area contributed by atoms with Crippen LogP contribution in [0, 0.1) is 17.1 Å². The molecule has 0 fully saturated rings. The minimum absolute atomic E-state index is 0.182. The van der Waals surface area contributed by atoms with Crippen molar-refractivity contribution >= 4 is 11.6 Å². The van der Waals surface area contributed by atoms with Crippen LogP contribution in [0.3, 0.4) is 0 Å². The molecule has 2 nitrogen and oxygen atoms in total. The summed E-state index contributed by atoms with van der Waals surface area (Å²) in [5.74, 6) is -0.0471. The first-order chi connectivity index (χ1) is 9.24. The largest absolute Gasteiger partial charge is 0.485 e. The monoisotopic (exact) mass is 275 g/mol. The zero-order chi connectivity index (χ0) is 13.7. The van der Waals surface area contributed by atoms with Crippen LogP contribution in [-0.4, -0.2) is 0 Å². The number of hydrogen-bond acceptors (Lipinski definition) is 2. The fourth-order valence-corrected chi connectivity index (χ4v) is 1.86. The lowest BCUT2D eigenvalue weighted by molar-refractivity contribution is 0.288. The van der Waals surface area contributed by atoms with Gasteiger partial charge >= 0.3 is 0 Å². The lowest BCUT2D eigenvalue weighted by atomic mass is 10.1. The second-order valence-electron chi connectivity index (χ2n) is 3.96. The molecule has 0 heterocycles. The van der Waals surface area contributed by atoms with Crippen molar-refractivity contribution in [2.45, 2.75) is 12.5 Å². The van der Waals surface area contributed by atoms with Crippen molar-refractivity contribution in [1.29, 1.82) is 5.26 Å². The van der Waals surface area contributed by atoms with Crippen LogP contribution in [0.15, 0.2) is 42.5 Å². The average Bonchev–Trinajstić information content (AvgIpc) is 2.46. The highest BCUT2D eigenvalue weighted by Gasteiger charge is 2.09. The van der Waals surface area contributed by atoms with E-state index in [2.05, 4.69) is 0 Å². The Morgan fingerprint density at radius 1 is 1.16 bits per heavy atom. The molecular weight excluding hydrogens is 265 g/mol. The van der Waals surface area contributed by atoms with Crippen molar-refractivity contribution in [3.63, 3.8) is 0 Å². The molecule has 0 amide bonds. The van der Waals surface area contributed by atoms with Gasteiger partial charge in [0, 0.05) is 5.56 Å². The molecule has 0 unspecified atom stereocenters. The van der Waals surface area contributed by atoms with Crippen LogP contribution >= 0.6 is 11.6 Å². The van der Waals surface area contributed by atoms with E-state index in [1.807, 2.05) is 6.07 Å². The zero-order valence-electron chi connectivity index (χ0n) is 10.1. The van der Waals surface area contributed by atoms with Gasteiger partial charge < -0.3 is 4.74 Å². The van der Waals surface area contributed by atoms with Gasteiger partial charge in [0.05, 0.1) is 17.5 Å². The highest BCUT2D eigenvalue weighted by atomic mass is 35.5. The van der Waals surface area contributed by atoms with E-state index >= 15 is 0 Å². The van der Waals surface area contributed by atoms with Crippen molar-refractivity contribution in [3.05, 3.63) is 65.0 Å². The number of nitrogens with zero attached hydrogens (tertiary/aromatic N) is 1. The Kier molecular flexibility index (Phi) is 4.38. The summed E-state index contributed by atoms with van der Waals surface area (Å²) in [4.78, 5) is 0. The SMILES string of the molecule is N#Cc1ccc(COc2c(F)cccc2CCl)cc1. The van der Waals surface area contributed by atoms with Crippen molar-refractivity contribution < 1.29 is 9.13 Å². The first kappa shape index (κ1) is 13.4. The molecule has 0 spiro atoms. The summed E-state index contributed by atoms with van der Waals surface area (Å²) < 4.78 is 19.1. The molecule has 0 aromatic heterocycles. The summed E-state index contributed by atoms with van der Waals surface area (Å²) in [6.07, 6.45) is 0. The van der Waals surface area contributed by atoms with Gasteiger partial charge in [0.15, 0.2) is 11.6 Å². The van der Waals surface area contributed by atoms with Crippen molar-refractivity contribution in [1.82, 2.24) is 0 Å². The van der Waals surface area contributed by atoms with Crippen molar-refractivity contribution in [2.24, 2.45) is 0 Å². The van der Waals surface area contributed by atoms with Crippen LogP contribution in [-0.2, 0) is 12.5 Å². The summed E-state index contributed by atoms with van der Waals surface area (Å²) in [5.41, 5.74) is 2.06. The number of halogens is 2. The van der Waals surface area contributed by atoms with Gasteiger partial charge in [-0.1, -0.05) is 24.3 Å². The second kappa shape index (κ2) is 6.21. The molecule has 0 saturated heterocycles. The number of benzene rings is 2. The molecule has 2 rings (SSSR count). The number of hydrogen-bond donors (Lipinski definition) is 0. The Morgan fingerprint density at radius 3 is 2.53 bits per heavy atom. The maximum absolute atomic E-state index is 13.6. The van der Waals surface area contributed by atoms with E-state index in [-0.39, 0.29) is 18.2 Å². The smallest absolute Gasteiger partial charge is 0.165 e. The topological polar surface area (TPSA) is 33.0 Å². The summed E-state index contributed by atoms with van der Waals surface area (Å²) in [5, 5.41) is 8.70.